The van der Waals surface area contributed by atoms with Crippen molar-refractivity contribution >= 4 is 6.03 Å². The SMILES string of the molecule is NNC(=O)NNOc1ccccc1. The van der Waals surface area contributed by atoms with E-state index in [1.54, 1.807) is 24.3 Å². The van der Waals surface area contributed by atoms with Gasteiger partial charge in [-0.05, 0) is 12.1 Å². The molecule has 0 saturated carbocycles. The summed E-state index contributed by atoms with van der Waals surface area (Å²) in [6, 6.07) is 8.34. The van der Waals surface area contributed by atoms with E-state index in [0.717, 1.165) is 0 Å². The van der Waals surface area contributed by atoms with Gasteiger partial charge in [0.05, 0.1) is 0 Å². The average molecular weight is 182 g/mol. The van der Waals surface area contributed by atoms with Crippen molar-refractivity contribution in [1.29, 1.82) is 0 Å². The minimum atomic E-state index is -0.587. The number of amides is 2. The molecule has 13 heavy (non-hydrogen) atoms. The lowest BCUT2D eigenvalue weighted by Crippen LogP contribution is -2.48. The molecule has 1 aromatic rings. The molecule has 6 heteroatoms. The van der Waals surface area contributed by atoms with Crippen LogP contribution >= 0.6 is 0 Å². The van der Waals surface area contributed by atoms with Crippen LogP contribution in [0.2, 0.25) is 0 Å². The van der Waals surface area contributed by atoms with Gasteiger partial charge in [0.25, 0.3) is 0 Å². The first kappa shape index (κ1) is 9.30. The first-order chi connectivity index (χ1) is 6.33. The smallest absolute Gasteiger partial charge is 0.345 e. The van der Waals surface area contributed by atoms with Crippen molar-refractivity contribution in [2.75, 3.05) is 0 Å². The summed E-state index contributed by atoms with van der Waals surface area (Å²) in [4.78, 5) is 15.4. The van der Waals surface area contributed by atoms with Crippen LogP contribution in [0, 0.1) is 0 Å². The molecule has 0 radical (unpaired) electrons. The number of hydrazine groups is 2. The number of nitrogens with two attached hydrogens (primary N) is 1. The molecule has 2 amide bonds. The highest BCUT2D eigenvalue weighted by molar-refractivity contribution is 5.72. The number of nitrogens with one attached hydrogen (secondary N) is 3. The predicted molar refractivity (Wildman–Crippen MR) is 46.1 cm³/mol. The van der Waals surface area contributed by atoms with Crippen LogP contribution in [-0.2, 0) is 0 Å². The molecular formula is C7H10N4O2. The van der Waals surface area contributed by atoms with Gasteiger partial charge in [-0.25, -0.2) is 16.1 Å². The van der Waals surface area contributed by atoms with Crippen LogP contribution in [0.5, 0.6) is 5.75 Å². The maximum atomic E-state index is 10.5. The summed E-state index contributed by atoms with van der Waals surface area (Å²) in [6.07, 6.45) is 0. The summed E-state index contributed by atoms with van der Waals surface area (Å²) >= 11 is 0. The Kier molecular flexibility index (Phi) is 3.55. The maximum Gasteiger partial charge on any atom is 0.345 e. The molecule has 0 spiro atoms. The van der Waals surface area contributed by atoms with E-state index in [1.165, 1.54) is 0 Å². The third kappa shape index (κ3) is 3.41. The number of benzene rings is 1. The van der Waals surface area contributed by atoms with Gasteiger partial charge in [-0.1, -0.05) is 23.8 Å². The Morgan fingerprint density at radius 3 is 2.62 bits per heavy atom. The van der Waals surface area contributed by atoms with Crippen LogP contribution in [0.25, 0.3) is 0 Å². The summed E-state index contributed by atoms with van der Waals surface area (Å²) < 4.78 is 0. The predicted octanol–water partition coefficient (Wildman–Crippen LogP) is -0.342. The van der Waals surface area contributed by atoms with Crippen LogP contribution in [0.1, 0.15) is 0 Å². The fourth-order valence-corrected chi connectivity index (χ4v) is 0.655. The lowest BCUT2D eigenvalue weighted by molar-refractivity contribution is 0.151. The Morgan fingerprint density at radius 2 is 2.00 bits per heavy atom. The van der Waals surface area contributed by atoms with Gasteiger partial charge in [0, 0.05) is 0 Å². The zero-order valence-corrected chi connectivity index (χ0v) is 6.78. The first-order valence-corrected chi connectivity index (χ1v) is 3.56. The topological polar surface area (TPSA) is 88.4 Å². The largest absolute Gasteiger partial charge is 0.389 e. The van der Waals surface area contributed by atoms with E-state index in [1.807, 2.05) is 11.5 Å². The maximum absolute atomic E-state index is 10.5. The van der Waals surface area contributed by atoms with E-state index in [4.69, 9.17) is 10.7 Å². The summed E-state index contributed by atoms with van der Waals surface area (Å²) in [6.45, 7) is 0. The standard InChI is InChI=1S/C7H10N4O2/c8-9-7(12)10-11-13-6-4-2-1-3-5-6/h1-5,11H,8H2,(H2,9,10,12). The molecule has 0 bridgehead atoms. The Balaban J connectivity index is 2.24. The molecule has 0 unspecified atom stereocenters. The fourth-order valence-electron chi connectivity index (χ4n) is 0.655. The van der Waals surface area contributed by atoms with E-state index in [0.29, 0.717) is 5.75 Å². The van der Waals surface area contributed by atoms with Gasteiger partial charge in [0.1, 0.15) is 5.75 Å². The van der Waals surface area contributed by atoms with Gasteiger partial charge < -0.3 is 4.84 Å². The molecule has 0 aromatic heterocycles. The van der Waals surface area contributed by atoms with Gasteiger partial charge in [0.2, 0.25) is 0 Å². The van der Waals surface area contributed by atoms with E-state index < -0.39 is 6.03 Å². The third-order valence-electron chi connectivity index (χ3n) is 1.21. The molecule has 0 aliphatic heterocycles. The number of hydrogen-bond donors (Lipinski definition) is 4. The highest BCUT2D eigenvalue weighted by Gasteiger charge is 1.94. The summed E-state index contributed by atoms with van der Waals surface area (Å²) in [5.41, 5.74) is 6.20. The van der Waals surface area contributed by atoms with Crippen LogP contribution in [0.15, 0.2) is 30.3 Å². The van der Waals surface area contributed by atoms with Crippen LogP contribution < -0.4 is 27.1 Å². The number of hydrogen-bond acceptors (Lipinski definition) is 4. The average Bonchev–Trinajstić information content (AvgIpc) is 2.19. The van der Waals surface area contributed by atoms with Crippen molar-refractivity contribution in [3.8, 4) is 5.75 Å². The first-order valence-electron chi connectivity index (χ1n) is 3.56. The number of para-hydroxylation sites is 1. The van der Waals surface area contributed by atoms with Gasteiger partial charge in [-0.2, -0.15) is 0 Å². The summed E-state index contributed by atoms with van der Waals surface area (Å²) in [5, 5.41) is 0. The Hall–Kier alpha value is -1.79. The van der Waals surface area contributed by atoms with E-state index in [9.17, 15) is 4.79 Å². The molecule has 0 aliphatic rings. The van der Waals surface area contributed by atoms with Crippen molar-refractivity contribution in [1.82, 2.24) is 16.4 Å². The lowest BCUT2D eigenvalue weighted by Gasteiger charge is -2.06. The van der Waals surface area contributed by atoms with Crippen molar-refractivity contribution in [3.05, 3.63) is 30.3 Å². The molecule has 1 aromatic carbocycles. The molecule has 0 fully saturated rings. The molecule has 70 valence electrons. The van der Waals surface area contributed by atoms with Crippen LogP contribution in [-0.4, -0.2) is 6.03 Å². The second-order valence-electron chi connectivity index (χ2n) is 2.12. The number of rotatable bonds is 3. The zero-order valence-electron chi connectivity index (χ0n) is 6.78. The number of urea groups is 1. The molecular weight excluding hydrogens is 172 g/mol. The zero-order chi connectivity index (χ0) is 9.52. The highest BCUT2D eigenvalue weighted by atomic mass is 16.7. The van der Waals surface area contributed by atoms with Crippen LogP contribution in [0.3, 0.4) is 0 Å². The fraction of sp³-hybridized carbons (Fsp3) is 0. The van der Waals surface area contributed by atoms with Gasteiger partial charge in [-0.3, -0.25) is 5.43 Å². The molecule has 0 aliphatic carbocycles. The summed E-state index contributed by atoms with van der Waals surface area (Å²) in [5.74, 6) is 5.38. The third-order valence-corrected chi connectivity index (χ3v) is 1.21. The quantitative estimate of drug-likeness (QED) is 0.292. The van der Waals surface area contributed by atoms with Gasteiger partial charge in [0.15, 0.2) is 0 Å². The van der Waals surface area contributed by atoms with Crippen molar-refractivity contribution in [2.24, 2.45) is 5.84 Å². The second kappa shape index (κ2) is 4.96. The van der Waals surface area contributed by atoms with Crippen molar-refractivity contribution in [2.45, 2.75) is 0 Å². The number of carbonyl (C=O) groups excluding carboxylic acids is 1. The molecule has 1 rings (SSSR count). The minimum Gasteiger partial charge on any atom is -0.389 e. The summed E-state index contributed by atoms with van der Waals surface area (Å²) in [7, 11) is 0. The second-order valence-corrected chi connectivity index (χ2v) is 2.12. The number of carbonyl (C=O) groups is 1. The van der Waals surface area contributed by atoms with E-state index in [2.05, 4.69) is 11.0 Å². The van der Waals surface area contributed by atoms with Gasteiger partial charge >= 0.3 is 6.03 Å². The Labute approximate surface area is 75.0 Å². The van der Waals surface area contributed by atoms with Crippen molar-refractivity contribution < 1.29 is 9.63 Å². The molecule has 0 heterocycles. The Bertz CT molecular complexity index is 264. The highest BCUT2D eigenvalue weighted by Crippen LogP contribution is 2.05. The monoisotopic (exact) mass is 182 g/mol. The van der Waals surface area contributed by atoms with E-state index in [-0.39, 0.29) is 0 Å². The Morgan fingerprint density at radius 1 is 1.31 bits per heavy atom. The molecule has 6 nitrogen and oxygen atoms in total. The molecule has 5 N–H and O–H groups in total. The van der Waals surface area contributed by atoms with Crippen LogP contribution in [0.4, 0.5) is 4.79 Å². The minimum absolute atomic E-state index is 0.583. The van der Waals surface area contributed by atoms with Crippen molar-refractivity contribution in [3.63, 3.8) is 0 Å². The van der Waals surface area contributed by atoms with E-state index >= 15 is 0 Å². The normalized spacial score (nSPS) is 9.00. The van der Waals surface area contributed by atoms with Gasteiger partial charge in [-0.15, -0.1) is 0 Å². The molecule has 0 saturated heterocycles. The lowest BCUT2D eigenvalue weighted by atomic mass is 10.3. The molecule has 0 atom stereocenters.